The van der Waals surface area contributed by atoms with Crippen LogP contribution in [-0.2, 0) is 13.0 Å². The zero-order valence-corrected chi connectivity index (χ0v) is 16.8. The van der Waals surface area contributed by atoms with Gasteiger partial charge in [0.2, 0.25) is 5.95 Å². The fraction of sp³-hybridized carbons (Fsp3) is 0.400. The van der Waals surface area contributed by atoms with E-state index in [0.717, 1.165) is 67.3 Å². The van der Waals surface area contributed by atoms with Gasteiger partial charge in [0.1, 0.15) is 4.83 Å². The lowest BCUT2D eigenvalue weighted by Gasteiger charge is -2.23. The number of halogens is 1. The lowest BCUT2D eigenvalue weighted by Crippen LogP contribution is -2.31. The van der Waals surface area contributed by atoms with Crippen LogP contribution < -0.4 is 10.5 Å². The molecule has 3 aromatic rings. The topological polar surface area (TPSA) is 41.4 Å². The molecule has 1 fully saturated rings. The second kappa shape index (κ2) is 6.62. The SMILES string of the molecule is CN1CCc2c(sc3nc(N4CCCC4)n(-c4ccc(Cl)cc4)c(=O)c23)C1. The van der Waals surface area contributed by atoms with E-state index >= 15 is 0 Å². The lowest BCUT2D eigenvalue weighted by molar-refractivity contribution is 0.318. The summed E-state index contributed by atoms with van der Waals surface area (Å²) in [5.41, 5.74) is 2.07. The predicted molar refractivity (Wildman–Crippen MR) is 112 cm³/mol. The fourth-order valence-corrected chi connectivity index (χ4v) is 5.52. The number of rotatable bonds is 2. The van der Waals surface area contributed by atoms with Crippen LogP contribution in [0.3, 0.4) is 0 Å². The average Bonchev–Trinajstić information content (AvgIpc) is 3.29. The first-order chi connectivity index (χ1) is 13.1. The molecule has 1 aromatic carbocycles. The van der Waals surface area contributed by atoms with Gasteiger partial charge in [-0.05, 0) is 56.1 Å². The highest BCUT2D eigenvalue weighted by molar-refractivity contribution is 7.18. The summed E-state index contributed by atoms with van der Waals surface area (Å²) >= 11 is 7.76. The van der Waals surface area contributed by atoms with Gasteiger partial charge in [0.05, 0.1) is 11.1 Å². The Balaban J connectivity index is 1.79. The Morgan fingerprint density at radius 3 is 2.59 bits per heavy atom. The molecule has 0 unspecified atom stereocenters. The van der Waals surface area contributed by atoms with Crippen LogP contribution in [-0.4, -0.2) is 41.1 Å². The van der Waals surface area contributed by atoms with Gasteiger partial charge >= 0.3 is 0 Å². The van der Waals surface area contributed by atoms with Gasteiger partial charge in [-0.25, -0.2) is 9.55 Å². The molecule has 5 nitrogen and oxygen atoms in total. The highest BCUT2D eigenvalue weighted by Gasteiger charge is 2.26. The summed E-state index contributed by atoms with van der Waals surface area (Å²) in [6.07, 6.45) is 3.19. The molecule has 0 bridgehead atoms. The maximum atomic E-state index is 13.7. The highest BCUT2D eigenvalue weighted by atomic mass is 35.5. The Morgan fingerprint density at radius 2 is 1.85 bits per heavy atom. The molecule has 0 spiro atoms. The third-order valence-corrected chi connectivity index (χ3v) is 6.88. The van der Waals surface area contributed by atoms with Gasteiger partial charge in [-0.2, -0.15) is 0 Å². The minimum Gasteiger partial charge on any atom is -0.342 e. The zero-order valence-electron chi connectivity index (χ0n) is 15.2. The third kappa shape index (κ3) is 2.87. The standard InChI is InChI=1S/C20H21ClN4OS/c1-23-11-8-15-16(12-23)27-18-17(15)19(26)25(14-6-4-13(21)5-7-14)20(22-18)24-9-2-3-10-24/h4-7H,2-3,8-12H2,1H3. The van der Waals surface area contributed by atoms with E-state index in [1.807, 2.05) is 24.3 Å². The van der Waals surface area contributed by atoms with E-state index in [1.165, 1.54) is 10.4 Å². The second-order valence-electron chi connectivity index (χ2n) is 7.39. The van der Waals surface area contributed by atoms with Crippen molar-refractivity contribution >= 4 is 39.1 Å². The molecule has 0 atom stereocenters. The molecule has 0 saturated carbocycles. The molecular weight excluding hydrogens is 380 g/mol. The van der Waals surface area contributed by atoms with Gasteiger partial charge in [-0.3, -0.25) is 4.79 Å². The molecule has 7 heteroatoms. The van der Waals surface area contributed by atoms with Crippen molar-refractivity contribution in [1.82, 2.24) is 14.5 Å². The number of aromatic nitrogens is 2. The maximum Gasteiger partial charge on any atom is 0.268 e. The van der Waals surface area contributed by atoms with Gasteiger partial charge in [-0.1, -0.05) is 11.6 Å². The van der Waals surface area contributed by atoms with Crippen molar-refractivity contribution < 1.29 is 0 Å². The molecule has 4 heterocycles. The van der Waals surface area contributed by atoms with Crippen molar-refractivity contribution in [3.63, 3.8) is 0 Å². The van der Waals surface area contributed by atoms with E-state index < -0.39 is 0 Å². The monoisotopic (exact) mass is 400 g/mol. The lowest BCUT2D eigenvalue weighted by atomic mass is 10.1. The number of nitrogens with zero attached hydrogens (tertiary/aromatic N) is 4. The Morgan fingerprint density at radius 1 is 1.11 bits per heavy atom. The van der Waals surface area contributed by atoms with Gasteiger partial charge < -0.3 is 9.80 Å². The third-order valence-electron chi connectivity index (χ3n) is 5.52. The number of thiophene rings is 1. The van der Waals surface area contributed by atoms with Crippen LogP contribution >= 0.6 is 22.9 Å². The molecule has 2 aromatic heterocycles. The molecule has 0 radical (unpaired) electrons. The summed E-state index contributed by atoms with van der Waals surface area (Å²) in [6.45, 7) is 3.77. The number of hydrogen-bond acceptors (Lipinski definition) is 5. The minimum absolute atomic E-state index is 0.0475. The van der Waals surface area contributed by atoms with Crippen molar-refractivity contribution in [2.24, 2.45) is 0 Å². The van der Waals surface area contributed by atoms with Crippen LogP contribution in [0.15, 0.2) is 29.1 Å². The van der Waals surface area contributed by atoms with Crippen molar-refractivity contribution in [1.29, 1.82) is 0 Å². The summed E-state index contributed by atoms with van der Waals surface area (Å²) in [5.74, 6) is 0.763. The first kappa shape index (κ1) is 17.2. The maximum absolute atomic E-state index is 13.7. The molecule has 2 aliphatic rings. The Kier molecular flexibility index (Phi) is 4.22. The molecule has 0 N–H and O–H groups in total. The number of hydrogen-bond donors (Lipinski definition) is 0. The van der Waals surface area contributed by atoms with E-state index in [2.05, 4.69) is 16.8 Å². The van der Waals surface area contributed by atoms with Crippen molar-refractivity contribution in [2.75, 3.05) is 31.6 Å². The second-order valence-corrected chi connectivity index (χ2v) is 8.91. The van der Waals surface area contributed by atoms with E-state index in [4.69, 9.17) is 16.6 Å². The molecule has 5 rings (SSSR count). The summed E-state index contributed by atoms with van der Waals surface area (Å²) in [4.78, 5) is 25.4. The van der Waals surface area contributed by atoms with Crippen LogP contribution in [0, 0.1) is 0 Å². The largest absolute Gasteiger partial charge is 0.342 e. The number of fused-ring (bicyclic) bond motifs is 3. The Labute approximate surface area is 166 Å². The number of benzene rings is 1. The smallest absolute Gasteiger partial charge is 0.268 e. The summed E-state index contributed by atoms with van der Waals surface area (Å²) < 4.78 is 1.79. The van der Waals surface area contributed by atoms with Gasteiger partial charge in [0, 0.05) is 36.1 Å². The minimum atomic E-state index is 0.0475. The first-order valence-electron chi connectivity index (χ1n) is 9.38. The molecule has 0 amide bonds. The number of likely N-dealkylation sites (N-methyl/N-ethyl adjacent to an activating group) is 1. The normalized spacial score (nSPS) is 17.6. The van der Waals surface area contributed by atoms with E-state index in [-0.39, 0.29) is 5.56 Å². The van der Waals surface area contributed by atoms with Crippen LogP contribution in [0.4, 0.5) is 5.95 Å². The summed E-state index contributed by atoms with van der Waals surface area (Å²) in [7, 11) is 2.13. The van der Waals surface area contributed by atoms with Gasteiger partial charge in [-0.15, -0.1) is 11.3 Å². The molecular formula is C20H21ClN4OS. The Bertz CT molecular complexity index is 1070. The van der Waals surface area contributed by atoms with E-state index in [9.17, 15) is 4.79 Å². The predicted octanol–water partition coefficient (Wildman–Crippen LogP) is 3.69. The summed E-state index contributed by atoms with van der Waals surface area (Å²) in [6, 6.07) is 7.48. The molecule has 140 valence electrons. The van der Waals surface area contributed by atoms with Gasteiger partial charge in [0.15, 0.2) is 0 Å². The first-order valence-corrected chi connectivity index (χ1v) is 10.6. The van der Waals surface area contributed by atoms with Crippen LogP contribution in [0.1, 0.15) is 23.3 Å². The van der Waals surface area contributed by atoms with E-state index in [1.54, 1.807) is 15.9 Å². The Hall–Kier alpha value is -1.89. The van der Waals surface area contributed by atoms with E-state index in [0.29, 0.717) is 5.02 Å². The van der Waals surface area contributed by atoms with Crippen molar-refractivity contribution in [3.05, 3.63) is 50.1 Å². The van der Waals surface area contributed by atoms with Crippen molar-refractivity contribution in [3.8, 4) is 5.69 Å². The van der Waals surface area contributed by atoms with Gasteiger partial charge in [0.25, 0.3) is 5.56 Å². The number of anilines is 1. The zero-order chi connectivity index (χ0) is 18.5. The fourth-order valence-electron chi connectivity index (χ4n) is 4.11. The van der Waals surface area contributed by atoms with Crippen LogP contribution in [0.2, 0.25) is 5.02 Å². The van der Waals surface area contributed by atoms with Crippen LogP contribution in [0.5, 0.6) is 0 Å². The molecule has 0 aliphatic carbocycles. The molecule has 1 saturated heterocycles. The average molecular weight is 401 g/mol. The van der Waals surface area contributed by atoms with Crippen LogP contribution in [0.25, 0.3) is 15.9 Å². The summed E-state index contributed by atoms with van der Waals surface area (Å²) in [5, 5.41) is 1.47. The quantitative estimate of drug-likeness (QED) is 0.657. The highest BCUT2D eigenvalue weighted by Crippen LogP contribution is 2.34. The molecule has 27 heavy (non-hydrogen) atoms. The molecule has 2 aliphatic heterocycles. The van der Waals surface area contributed by atoms with Crippen molar-refractivity contribution in [2.45, 2.75) is 25.8 Å².